The van der Waals surface area contributed by atoms with E-state index in [1.807, 2.05) is 0 Å². The van der Waals surface area contributed by atoms with Gasteiger partial charge in [0.1, 0.15) is 13.2 Å². The van der Waals surface area contributed by atoms with Gasteiger partial charge in [-0.15, -0.1) is 0 Å². The van der Waals surface area contributed by atoms with Crippen LogP contribution in [0.15, 0.2) is 18.5 Å². The second-order valence-corrected chi connectivity index (χ2v) is 3.74. The van der Waals surface area contributed by atoms with Crippen molar-refractivity contribution in [3.05, 3.63) is 18.5 Å². The fourth-order valence-electron chi connectivity index (χ4n) is 1.95. The number of aromatic nitrogens is 2. The number of likely N-dealkylation sites (tertiary alicyclic amines) is 1. The second kappa shape index (κ2) is 4.42. The minimum atomic E-state index is -0.440. The average molecular weight is 211 g/mol. The summed E-state index contributed by atoms with van der Waals surface area (Å²) in [6.07, 6.45) is 5.04. The molecule has 0 spiro atoms. The van der Waals surface area contributed by atoms with Gasteiger partial charge in [-0.2, -0.15) is 5.10 Å². The van der Waals surface area contributed by atoms with Gasteiger partial charge in [0.2, 0.25) is 5.91 Å². The normalized spacial score (nSPS) is 20.9. The molecule has 1 fully saturated rings. The number of carbonyl (C=O) groups is 1. The summed E-state index contributed by atoms with van der Waals surface area (Å²) in [5.74, 6) is -0.0427. The summed E-state index contributed by atoms with van der Waals surface area (Å²) >= 11 is 0. The van der Waals surface area contributed by atoms with Crippen LogP contribution in [0.3, 0.4) is 0 Å². The molecular weight excluding hydrogens is 197 g/mol. The van der Waals surface area contributed by atoms with E-state index in [1.54, 1.807) is 28.0 Å². The predicted molar refractivity (Wildman–Crippen MR) is 52.9 cm³/mol. The molecule has 0 unspecified atom stereocenters. The first-order valence-corrected chi connectivity index (χ1v) is 5.14. The Bertz CT molecular complexity index is 325. The van der Waals surface area contributed by atoms with Crippen LogP contribution in [0.25, 0.3) is 0 Å². The van der Waals surface area contributed by atoms with Gasteiger partial charge in [0.05, 0.1) is 6.04 Å². The third-order valence-electron chi connectivity index (χ3n) is 2.73. The first kappa shape index (κ1) is 10.1. The number of rotatable bonds is 3. The lowest BCUT2D eigenvalue weighted by molar-refractivity contribution is -0.133. The fraction of sp³-hybridized carbons (Fsp3) is 0.600. The number of hydrogen-bond acceptors (Lipinski definition) is 2. The van der Waals surface area contributed by atoms with Gasteiger partial charge >= 0.3 is 0 Å². The first-order chi connectivity index (χ1) is 7.31. The highest BCUT2D eigenvalue weighted by Crippen LogP contribution is 2.17. The number of hydrogen-bond donors (Lipinski definition) is 0. The summed E-state index contributed by atoms with van der Waals surface area (Å²) in [6.45, 7) is 0.447. The highest BCUT2D eigenvalue weighted by Gasteiger charge is 2.28. The second-order valence-electron chi connectivity index (χ2n) is 3.74. The number of halogens is 1. The van der Waals surface area contributed by atoms with Gasteiger partial charge in [-0.1, -0.05) is 0 Å². The Hall–Kier alpha value is -1.39. The highest BCUT2D eigenvalue weighted by atomic mass is 19.1. The lowest BCUT2D eigenvalue weighted by atomic mass is 10.2. The van der Waals surface area contributed by atoms with Crippen LogP contribution >= 0.6 is 0 Å². The molecule has 0 radical (unpaired) electrons. The number of amides is 1. The largest absolute Gasteiger partial charge is 0.335 e. The number of alkyl halides is 1. The fourth-order valence-corrected chi connectivity index (χ4v) is 1.95. The molecule has 0 aliphatic carbocycles. The lowest BCUT2D eigenvalue weighted by Crippen LogP contribution is -2.38. The van der Waals surface area contributed by atoms with Gasteiger partial charge < -0.3 is 4.90 Å². The maximum atomic E-state index is 12.6. The summed E-state index contributed by atoms with van der Waals surface area (Å²) in [5, 5.41) is 3.95. The molecule has 4 nitrogen and oxygen atoms in total. The summed E-state index contributed by atoms with van der Waals surface area (Å²) in [6, 6.07) is 1.55. The molecule has 5 heteroatoms. The zero-order valence-corrected chi connectivity index (χ0v) is 8.47. The van der Waals surface area contributed by atoms with E-state index >= 15 is 0 Å². The van der Waals surface area contributed by atoms with E-state index in [2.05, 4.69) is 5.10 Å². The van der Waals surface area contributed by atoms with Crippen LogP contribution in [-0.2, 0) is 11.3 Å². The van der Waals surface area contributed by atoms with Crippen LogP contribution < -0.4 is 0 Å². The molecule has 0 saturated carbocycles. The van der Waals surface area contributed by atoms with E-state index in [4.69, 9.17) is 0 Å². The van der Waals surface area contributed by atoms with Gasteiger partial charge in [-0.3, -0.25) is 9.48 Å². The van der Waals surface area contributed by atoms with Crippen molar-refractivity contribution in [2.24, 2.45) is 0 Å². The van der Waals surface area contributed by atoms with Gasteiger partial charge in [-0.25, -0.2) is 4.39 Å². The molecule has 1 aliphatic rings. The molecule has 2 rings (SSSR count). The van der Waals surface area contributed by atoms with Gasteiger partial charge in [0.15, 0.2) is 0 Å². The van der Waals surface area contributed by atoms with E-state index in [-0.39, 0.29) is 18.5 Å². The van der Waals surface area contributed by atoms with Crippen molar-refractivity contribution in [1.29, 1.82) is 0 Å². The lowest BCUT2D eigenvalue weighted by Gasteiger charge is -2.22. The van der Waals surface area contributed by atoms with Crippen LogP contribution in [0.4, 0.5) is 4.39 Å². The van der Waals surface area contributed by atoms with E-state index in [9.17, 15) is 9.18 Å². The minimum Gasteiger partial charge on any atom is -0.335 e. The summed E-state index contributed by atoms with van der Waals surface area (Å²) in [4.78, 5) is 13.4. The number of nitrogens with zero attached hydrogens (tertiary/aromatic N) is 3. The van der Waals surface area contributed by atoms with Crippen LogP contribution in [-0.4, -0.2) is 39.8 Å². The Morgan fingerprint density at radius 3 is 3.13 bits per heavy atom. The quantitative estimate of drug-likeness (QED) is 0.743. The Labute approximate surface area is 87.7 Å². The zero-order valence-electron chi connectivity index (χ0n) is 8.47. The Balaban J connectivity index is 1.96. The molecular formula is C10H14FN3O. The molecule has 0 N–H and O–H groups in total. The van der Waals surface area contributed by atoms with E-state index in [0.29, 0.717) is 6.54 Å². The minimum absolute atomic E-state index is 0.0427. The summed E-state index contributed by atoms with van der Waals surface area (Å²) in [7, 11) is 0. The average Bonchev–Trinajstić information content (AvgIpc) is 2.86. The zero-order chi connectivity index (χ0) is 10.7. The topological polar surface area (TPSA) is 38.1 Å². The third-order valence-corrected chi connectivity index (χ3v) is 2.73. The van der Waals surface area contributed by atoms with Crippen molar-refractivity contribution in [1.82, 2.24) is 14.7 Å². The van der Waals surface area contributed by atoms with Gasteiger partial charge in [-0.05, 0) is 18.9 Å². The molecule has 1 atom stereocenters. The molecule has 15 heavy (non-hydrogen) atoms. The van der Waals surface area contributed by atoms with Crippen molar-refractivity contribution < 1.29 is 9.18 Å². The van der Waals surface area contributed by atoms with Crippen LogP contribution in [0.5, 0.6) is 0 Å². The molecule has 1 saturated heterocycles. The van der Waals surface area contributed by atoms with Crippen molar-refractivity contribution in [2.45, 2.75) is 25.4 Å². The van der Waals surface area contributed by atoms with Crippen LogP contribution in [0.2, 0.25) is 0 Å². The first-order valence-electron chi connectivity index (χ1n) is 5.14. The monoisotopic (exact) mass is 211 g/mol. The van der Waals surface area contributed by atoms with E-state index < -0.39 is 6.67 Å². The van der Waals surface area contributed by atoms with Crippen molar-refractivity contribution in [2.75, 3.05) is 13.2 Å². The Kier molecular flexibility index (Phi) is 2.99. The van der Waals surface area contributed by atoms with Crippen molar-refractivity contribution >= 4 is 5.91 Å². The molecule has 1 aliphatic heterocycles. The van der Waals surface area contributed by atoms with E-state index in [1.165, 1.54) is 0 Å². The van der Waals surface area contributed by atoms with Crippen LogP contribution in [0, 0.1) is 0 Å². The van der Waals surface area contributed by atoms with Crippen LogP contribution in [0.1, 0.15) is 12.8 Å². The van der Waals surface area contributed by atoms with Crippen molar-refractivity contribution in [3.63, 3.8) is 0 Å². The SMILES string of the molecule is O=C(Cn1cccn1)N1CCC[C@@H]1CF. The molecule has 2 heterocycles. The Morgan fingerprint density at radius 1 is 1.60 bits per heavy atom. The number of carbonyl (C=O) groups excluding carboxylic acids is 1. The molecule has 1 aromatic rings. The van der Waals surface area contributed by atoms with E-state index in [0.717, 1.165) is 12.8 Å². The molecule has 1 amide bonds. The Morgan fingerprint density at radius 2 is 2.47 bits per heavy atom. The summed E-state index contributed by atoms with van der Waals surface area (Å²) < 4.78 is 14.1. The summed E-state index contributed by atoms with van der Waals surface area (Å²) in [5.41, 5.74) is 0. The molecule has 0 aromatic carbocycles. The maximum Gasteiger partial charge on any atom is 0.244 e. The van der Waals surface area contributed by atoms with Crippen molar-refractivity contribution in [3.8, 4) is 0 Å². The third kappa shape index (κ3) is 2.16. The molecule has 1 aromatic heterocycles. The van der Waals surface area contributed by atoms with Gasteiger partial charge in [0.25, 0.3) is 0 Å². The standard InChI is InChI=1S/C10H14FN3O/c11-7-9-3-1-6-14(9)10(15)8-13-5-2-4-12-13/h2,4-5,9H,1,3,6-8H2/t9-/m1/s1. The smallest absolute Gasteiger partial charge is 0.244 e. The molecule has 0 bridgehead atoms. The maximum absolute atomic E-state index is 12.6. The predicted octanol–water partition coefficient (Wildman–Crippen LogP) is 0.844. The highest BCUT2D eigenvalue weighted by molar-refractivity contribution is 5.76. The van der Waals surface area contributed by atoms with Gasteiger partial charge in [0, 0.05) is 18.9 Å². The molecule has 82 valence electrons.